The van der Waals surface area contributed by atoms with E-state index in [0.717, 1.165) is 24.6 Å². The zero-order chi connectivity index (χ0) is 24.3. The SMILES string of the molecule is C=CC(=O)O.C=CC(=O)O.C=CC(=O)O.CC(CC(C)(C)C)C(CO)(CO)CO. The minimum atomic E-state index is -0.981. The molecule has 0 aliphatic heterocycles. The topological polar surface area (TPSA) is 173 Å². The smallest absolute Gasteiger partial charge is 0.327 e. The molecule has 0 saturated heterocycles. The second-order valence-electron chi connectivity index (χ2n) is 7.13. The molecule has 170 valence electrons. The molecule has 0 amide bonds. The van der Waals surface area contributed by atoms with Crippen LogP contribution in [0.3, 0.4) is 0 Å². The Balaban J connectivity index is -0.000000171. The lowest BCUT2D eigenvalue weighted by Gasteiger charge is -2.37. The number of carboxylic acid groups (broad SMARTS) is 3. The van der Waals surface area contributed by atoms with Crippen molar-refractivity contribution >= 4 is 17.9 Å². The molecule has 0 rings (SSSR count). The fraction of sp³-hybridized carbons (Fsp3) is 0.550. The summed E-state index contributed by atoms with van der Waals surface area (Å²) in [5, 5.41) is 50.5. The molecule has 0 spiro atoms. The maximum atomic E-state index is 9.25. The van der Waals surface area contributed by atoms with E-state index in [1.165, 1.54) is 0 Å². The van der Waals surface area contributed by atoms with Crippen LogP contribution in [0, 0.1) is 16.7 Å². The number of aliphatic hydroxyl groups is 3. The van der Waals surface area contributed by atoms with Gasteiger partial charge in [-0.3, -0.25) is 0 Å². The minimum Gasteiger partial charge on any atom is -0.478 e. The number of carboxylic acids is 3. The number of hydrogen-bond donors (Lipinski definition) is 6. The molecule has 0 aliphatic carbocycles. The Morgan fingerprint density at radius 3 is 1.07 bits per heavy atom. The standard InChI is InChI=1S/C11H24O3.3C3H4O2/c1-9(5-10(2,3)4)11(6-12,7-13)8-14;3*1-2-3(4)5/h9,12-14H,5-8H2,1-4H3;3*2H,1H2,(H,4,5). The molecule has 0 aromatic heterocycles. The van der Waals surface area contributed by atoms with Crippen molar-refractivity contribution in [2.75, 3.05) is 19.8 Å². The largest absolute Gasteiger partial charge is 0.478 e. The van der Waals surface area contributed by atoms with Gasteiger partial charge in [0.05, 0.1) is 19.8 Å². The van der Waals surface area contributed by atoms with E-state index in [9.17, 15) is 29.7 Å². The highest BCUT2D eigenvalue weighted by atomic mass is 16.4. The molecule has 0 aliphatic rings. The van der Waals surface area contributed by atoms with Gasteiger partial charge in [-0.15, -0.1) is 0 Å². The van der Waals surface area contributed by atoms with Crippen molar-refractivity contribution in [1.29, 1.82) is 0 Å². The monoisotopic (exact) mass is 420 g/mol. The number of rotatable bonds is 8. The van der Waals surface area contributed by atoms with Crippen molar-refractivity contribution in [3.63, 3.8) is 0 Å². The zero-order valence-corrected chi connectivity index (χ0v) is 17.7. The summed E-state index contributed by atoms with van der Waals surface area (Å²) >= 11 is 0. The van der Waals surface area contributed by atoms with Crippen LogP contribution < -0.4 is 0 Å². The first-order chi connectivity index (χ1) is 13.1. The van der Waals surface area contributed by atoms with Crippen molar-refractivity contribution in [2.24, 2.45) is 16.7 Å². The van der Waals surface area contributed by atoms with Crippen LogP contribution in [-0.4, -0.2) is 68.4 Å². The fourth-order valence-corrected chi connectivity index (χ4v) is 1.75. The summed E-state index contributed by atoms with van der Waals surface area (Å²) in [5.41, 5.74) is -0.600. The third-order valence-electron chi connectivity index (χ3n) is 3.43. The van der Waals surface area contributed by atoms with Crippen LogP contribution in [0.15, 0.2) is 38.0 Å². The molecular weight excluding hydrogens is 384 g/mol. The molecule has 1 unspecified atom stereocenters. The van der Waals surface area contributed by atoms with Crippen LogP contribution in [0.1, 0.15) is 34.1 Å². The average molecular weight is 420 g/mol. The van der Waals surface area contributed by atoms with E-state index in [0.29, 0.717) is 0 Å². The number of hydrogen-bond acceptors (Lipinski definition) is 6. The molecule has 0 fully saturated rings. The summed E-state index contributed by atoms with van der Waals surface area (Å²) in [6.07, 6.45) is 3.37. The van der Waals surface area contributed by atoms with Crippen molar-refractivity contribution in [3.8, 4) is 0 Å². The van der Waals surface area contributed by atoms with Crippen LogP contribution in [0.2, 0.25) is 0 Å². The molecule has 0 aromatic carbocycles. The van der Waals surface area contributed by atoms with Gasteiger partial charge in [0.25, 0.3) is 0 Å². The maximum absolute atomic E-state index is 9.25. The predicted octanol–water partition coefficient (Wildman–Crippen LogP) is 1.79. The molecule has 0 heterocycles. The summed E-state index contributed by atoms with van der Waals surface area (Å²) in [7, 11) is 0. The van der Waals surface area contributed by atoms with Gasteiger partial charge in [-0.2, -0.15) is 0 Å². The molecule has 1 atom stereocenters. The Labute approximate surface area is 172 Å². The first kappa shape index (κ1) is 34.0. The summed E-state index contributed by atoms with van der Waals surface area (Å²) in [6.45, 7) is 16.7. The van der Waals surface area contributed by atoms with Gasteiger partial charge >= 0.3 is 17.9 Å². The van der Waals surface area contributed by atoms with E-state index >= 15 is 0 Å². The van der Waals surface area contributed by atoms with Gasteiger partial charge in [-0.25, -0.2) is 14.4 Å². The van der Waals surface area contributed by atoms with Crippen LogP contribution in [-0.2, 0) is 14.4 Å². The van der Waals surface area contributed by atoms with Gasteiger partial charge in [0.15, 0.2) is 0 Å². The Morgan fingerprint density at radius 2 is 0.966 bits per heavy atom. The zero-order valence-electron chi connectivity index (χ0n) is 17.7. The Morgan fingerprint density at radius 1 is 0.759 bits per heavy atom. The van der Waals surface area contributed by atoms with Crippen molar-refractivity contribution < 1.29 is 45.0 Å². The molecule has 0 bridgehead atoms. The van der Waals surface area contributed by atoms with Gasteiger partial charge in [0, 0.05) is 23.6 Å². The summed E-state index contributed by atoms with van der Waals surface area (Å²) in [6, 6.07) is 0. The van der Waals surface area contributed by atoms with E-state index in [4.69, 9.17) is 15.3 Å². The van der Waals surface area contributed by atoms with Crippen LogP contribution >= 0.6 is 0 Å². The van der Waals surface area contributed by atoms with Gasteiger partial charge in [-0.1, -0.05) is 47.4 Å². The highest BCUT2D eigenvalue weighted by Gasteiger charge is 2.36. The molecular formula is C20H36O9. The van der Waals surface area contributed by atoms with Gasteiger partial charge < -0.3 is 30.6 Å². The lowest BCUT2D eigenvalue weighted by Crippen LogP contribution is -2.41. The molecule has 0 radical (unpaired) electrons. The number of aliphatic carboxylic acids is 3. The first-order valence-corrected chi connectivity index (χ1v) is 8.51. The molecule has 0 saturated carbocycles. The fourth-order valence-electron chi connectivity index (χ4n) is 1.75. The van der Waals surface area contributed by atoms with Crippen LogP contribution in [0.5, 0.6) is 0 Å². The lowest BCUT2D eigenvalue weighted by atomic mass is 9.71. The number of aliphatic hydroxyl groups excluding tert-OH is 3. The maximum Gasteiger partial charge on any atom is 0.327 e. The highest BCUT2D eigenvalue weighted by Crippen LogP contribution is 2.35. The first-order valence-electron chi connectivity index (χ1n) is 8.51. The molecule has 9 heteroatoms. The summed E-state index contributed by atoms with van der Waals surface area (Å²) in [5.74, 6) is -2.84. The van der Waals surface area contributed by atoms with Gasteiger partial charge in [0.1, 0.15) is 0 Å². The second-order valence-corrected chi connectivity index (χ2v) is 7.13. The van der Waals surface area contributed by atoms with Crippen LogP contribution in [0.4, 0.5) is 0 Å². The third kappa shape index (κ3) is 25.5. The van der Waals surface area contributed by atoms with Crippen molar-refractivity contribution in [1.82, 2.24) is 0 Å². The van der Waals surface area contributed by atoms with E-state index in [1.54, 1.807) is 0 Å². The Kier molecular flexibility index (Phi) is 22.1. The molecule has 6 N–H and O–H groups in total. The van der Waals surface area contributed by atoms with E-state index < -0.39 is 23.3 Å². The second kappa shape index (κ2) is 18.9. The van der Waals surface area contributed by atoms with Crippen LogP contribution in [0.25, 0.3) is 0 Å². The van der Waals surface area contributed by atoms with E-state index in [2.05, 4.69) is 40.5 Å². The molecule has 0 aromatic rings. The quantitative estimate of drug-likeness (QED) is 0.320. The third-order valence-corrected chi connectivity index (χ3v) is 3.43. The predicted molar refractivity (Wildman–Crippen MR) is 110 cm³/mol. The number of carbonyl (C=O) groups is 3. The van der Waals surface area contributed by atoms with Gasteiger partial charge in [-0.05, 0) is 17.8 Å². The summed E-state index contributed by atoms with van der Waals surface area (Å²) in [4.78, 5) is 27.8. The van der Waals surface area contributed by atoms with Crippen molar-refractivity contribution in [3.05, 3.63) is 38.0 Å². The lowest BCUT2D eigenvalue weighted by molar-refractivity contribution is -0.132. The Hall–Kier alpha value is -2.49. The minimum absolute atomic E-state index is 0.0995. The highest BCUT2D eigenvalue weighted by molar-refractivity contribution is 5.79. The molecule has 9 nitrogen and oxygen atoms in total. The average Bonchev–Trinajstić information content (AvgIpc) is 2.63. The summed E-state index contributed by atoms with van der Waals surface area (Å²) < 4.78 is 0. The van der Waals surface area contributed by atoms with Crippen molar-refractivity contribution in [2.45, 2.75) is 34.1 Å². The normalized spacial score (nSPS) is 10.9. The van der Waals surface area contributed by atoms with Gasteiger partial charge in [0.2, 0.25) is 0 Å². The van der Waals surface area contributed by atoms with E-state index in [1.807, 2.05) is 6.92 Å². The van der Waals surface area contributed by atoms with E-state index in [-0.39, 0.29) is 31.2 Å². The Bertz CT molecular complexity index is 450. The molecule has 29 heavy (non-hydrogen) atoms.